The molecule has 0 bridgehead atoms. The molecular formula is C16H23N3O. The molecule has 108 valence electrons. The first-order chi connectivity index (χ1) is 9.66. The number of carbonyl (C=O) groups excluding carboxylic acids is 1. The molecular weight excluding hydrogens is 250 g/mol. The Balaban J connectivity index is 2.05. The van der Waals surface area contributed by atoms with Gasteiger partial charge < -0.3 is 4.90 Å². The monoisotopic (exact) mass is 273 g/mol. The van der Waals surface area contributed by atoms with Crippen molar-refractivity contribution in [3.8, 4) is 0 Å². The molecule has 1 fully saturated rings. The van der Waals surface area contributed by atoms with Crippen molar-refractivity contribution in [2.24, 2.45) is 5.10 Å². The molecule has 1 aliphatic rings. The Hall–Kier alpha value is -1.84. The number of benzene rings is 1. The number of hydrogen-bond acceptors (Lipinski definition) is 3. The van der Waals surface area contributed by atoms with Crippen molar-refractivity contribution in [2.75, 3.05) is 18.0 Å². The van der Waals surface area contributed by atoms with Crippen LogP contribution in [0.3, 0.4) is 0 Å². The van der Waals surface area contributed by atoms with E-state index in [1.165, 1.54) is 38.3 Å². The predicted molar refractivity (Wildman–Crippen MR) is 83.2 cm³/mol. The second kappa shape index (κ2) is 7.08. The highest BCUT2D eigenvalue weighted by Crippen LogP contribution is 2.20. The highest BCUT2D eigenvalue weighted by atomic mass is 16.2. The summed E-state index contributed by atoms with van der Waals surface area (Å²) >= 11 is 0. The molecule has 1 aromatic rings. The first-order valence-corrected chi connectivity index (χ1v) is 7.33. The van der Waals surface area contributed by atoms with Crippen molar-refractivity contribution in [3.05, 3.63) is 29.8 Å². The van der Waals surface area contributed by atoms with Crippen LogP contribution in [-0.4, -0.2) is 24.7 Å². The van der Waals surface area contributed by atoms with E-state index in [0.717, 1.165) is 24.4 Å². The van der Waals surface area contributed by atoms with Crippen molar-refractivity contribution >= 4 is 17.3 Å². The van der Waals surface area contributed by atoms with Gasteiger partial charge in [-0.2, -0.15) is 5.10 Å². The van der Waals surface area contributed by atoms with E-state index >= 15 is 0 Å². The van der Waals surface area contributed by atoms with E-state index in [-0.39, 0.29) is 5.91 Å². The summed E-state index contributed by atoms with van der Waals surface area (Å²) in [6.07, 6.45) is 5.25. The Labute approximate surface area is 120 Å². The van der Waals surface area contributed by atoms with Crippen LogP contribution in [-0.2, 0) is 4.79 Å². The molecule has 4 nitrogen and oxygen atoms in total. The molecule has 0 radical (unpaired) electrons. The quantitative estimate of drug-likeness (QED) is 0.680. The smallest absolute Gasteiger partial charge is 0.236 e. The molecule has 1 heterocycles. The maximum Gasteiger partial charge on any atom is 0.236 e. The lowest BCUT2D eigenvalue weighted by atomic mass is 10.1. The summed E-state index contributed by atoms with van der Waals surface area (Å²) in [5, 5.41) is 4.05. The molecule has 20 heavy (non-hydrogen) atoms. The zero-order valence-electron chi connectivity index (χ0n) is 12.4. The minimum absolute atomic E-state index is 0.148. The molecule has 0 aliphatic carbocycles. The number of hydrogen-bond donors (Lipinski definition) is 1. The number of nitrogens with zero attached hydrogens (tertiary/aromatic N) is 2. The van der Waals surface area contributed by atoms with Gasteiger partial charge in [0.15, 0.2) is 0 Å². The largest absolute Gasteiger partial charge is 0.372 e. The van der Waals surface area contributed by atoms with Crippen LogP contribution in [0.15, 0.2) is 29.4 Å². The van der Waals surface area contributed by atoms with E-state index in [1.807, 2.05) is 6.92 Å². The van der Waals surface area contributed by atoms with Gasteiger partial charge in [-0.1, -0.05) is 25.0 Å². The van der Waals surface area contributed by atoms with Crippen LogP contribution >= 0.6 is 0 Å². The minimum atomic E-state index is -0.148. The predicted octanol–water partition coefficient (Wildman–Crippen LogP) is 2.93. The zero-order chi connectivity index (χ0) is 14.4. The number of rotatable bonds is 3. The van der Waals surface area contributed by atoms with Crippen LogP contribution in [0, 0.1) is 0 Å². The number of carbonyl (C=O) groups is 1. The molecule has 0 aromatic heterocycles. The average molecular weight is 273 g/mol. The molecule has 1 aliphatic heterocycles. The van der Waals surface area contributed by atoms with Gasteiger partial charge in [-0.3, -0.25) is 4.79 Å². The van der Waals surface area contributed by atoms with Gasteiger partial charge in [0, 0.05) is 25.7 Å². The van der Waals surface area contributed by atoms with Gasteiger partial charge >= 0.3 is 0 Å². The lowest BCUT2D eigenvalue weighted by molar-refractivity contribution is -0.118. The van der Waals surface area contributed by atoms with E-state index in [0.29, 0.717) is 0 Å². The molecule has 2 rings (SSSR count). The lowest BCUT2D eigenvalue weighted by Crippen LogP contribution is -2.23. The highest BCUT2D eigenvalue weighted by molar-refractivity contribution is 5.99. The molecule has 0 spiro atoms. The fourth-order valence-corrected chi connectivity index (χ4v) is 2.47. The third-order valence-electron chi connectivity index (χ3n) is 3.64. The van der Waals surface area contributed by atoms with Gasteiger partial charge in [0.1, 0.15) is 0 Å². The average Bonchev–Trinajstić information content (AvgIpc) is 2.74. The first-order valence-electron chi connectivity index (χ1n) is 7.33. The van der Waals surface area contributed by atoms with Gasteiger partial charge in [0.05, 0.1) is 5.71 Å². The number of amides is 1. The second-order valence-corrected chi connectivity index (χ2v) is 5.31. The molecule has 1 amide bonds. The third-order valence-corrected chi connectivity index (χ3v) is 3.64. The van der Waals surface area contributed by atoms with Gasteiger partial charge in [-0.15, -0.1) is 0 Å². The van der Waals surface area contributed by atoms with Crippen LogP contribution < -0.4 is 10.3 Å². The summed E-state index contributed by atoms with van der Waals surface area (Å²) in [7, 11) is 0. The lowest BCUT2D eigenvalue weighted by Gasteiger charge is -2.22. The van der Waals surface area contributed by atoms with Crippen LogP contribution in [0.1, 0.15) is 45.1 Å². The van der Waals surface area contributed by atoms with Crippen molar-refractivity contribution in [1.82, 2.24) is 5.43 Å². The summed E-state index contributed by atoms with van der Waals surface area (Å²) in [5.74, 6) is -0.148. The summed E-state index contributed by atoms with van der Waals surface area (Å²) < 4.78 is 0. The summed E-state index contributed by atoms with van der Waals surface area (Å²) in [6, 6.07) is 8.43. The summed E-state index contributed by atoms with van der Waals surface area (Å²) in [4.78, 5) is 13.3. The van der Waals surface area contributed by atoms with Crippen molar-refractivity contribution in [1.29, 1.82) is 0 Å². The molecule has 0 unspecified atom stereocenters. The van der Waals surface area contributed by atoms with E-state index < -0.39 is 0 Å². The molecule has 1 saturated heterocycles. The van der Waals surface area contributed by atoms with Gasteiger partial charge in [0.25, 0.3) is 0 Å². The number of nitrogens with one attached hydrogen (secondary N) is 1. The topological polar surface area (TPSA) is 44.7 Å². The van der Waals surface area contributed by atoms with Gasteiger partial charge in [0.2, 0.25) is 5.91 Å². The molecule has 4 heteroatoms. The van der Waals surface area contributed by atoms with Crippen molar-refractivity contribution < 1.29 is 4.79 Å². The Kier molecular flexibility index (Phi) is 5.16. The standard InChI is InChI=1S/C16H23N3O/c1-13(17-18-14(2)20)15-7-9-16(10-8-15)19-11-5-3-4-6-12-19/h7-10H,3-6,11-12H2,1-2H3,(H,18,20)/b17-13-. The Morgan fingerprint density at radius 1 is 1.05 bits per heavy atom. The Morgan fingerprint density at radius 3 is 2.20 bits per heavy atom. The third kappa shape index (κ3) is 4.08. The fourth-order valence-electron chi connectivity index (χ4n) is 2.47. The zero-order valence-corrected chi connectivity index (χ0v) is 12.4. The maximum atomic E-state index is 10.8. The van der Waals surface area contributed by atoms with E-state index in [2.05, 4.69) is 39.7 Å². The SMILES string of the molecule is CC(=O)N/N=C(/C)c1ccc(N2CCCCCC2)cc1. The van der Waals surface area contributed by atoms with Crippen LogP contribution in [0.2, 0.25) is 0 Å². The van der Waals surface area contributed by atoms with Crippen molar-refractivity contribution in [3.63, 3.8) is 0 Å². The maximum absolute atomic E-state index is 10.8. The number of hydrazone groups is 1. The molecule has 0 atom stereocenters. The Bertz CT molecular complexity index is 471. The summed E-state index contributed by atoms with van der Waals surface area (Å²) in [5.41, 5.74) is 5.61. The van der Waals surface area contributed by atoms with Crippen LogP contribution in [0.25, 0.3) is 0 Å². The van der Waals surface area contributed by atoms with E-state index in [4.69, 9.17) is 0 Å². The first kappa shape index (κ1) is 14.6. The van der Waals surface area contributed by atoms with Crippen molar-refractivity contribution in [2.45, 2.75) is 39.5 Å². The highest BCUT2D eigenvalue weighted by Gasteiger charge is 2.09. The summed E-state index contributed by atoms with van der Waals surface area (Å²) in [6.45, 7) is 5.66. The second-order valence-electron chi connectivity index (χ2n) is 5.31. The van der Waals surface area contributed by atoms with E-state index in [9.17, 15) is 4.79 Å². The van der Waals surface area contributed by atoms with Crippen LogP contribution in [0.4, 0.5) is 5.69 Å². The van der Waals surface area contributed by atoms with Gasteiger partial charge in [-0.25, -0.2) is 5.43 Å². The number of anilines is 1. The molecule has 1 aromatic carbocycles. The van der Waals surface area contributed by atoms with Crippen LogP contribution in [0.5, 0.6) is 0 Å². The normalized spacial score (nSPS) is 16.7. The fraction of sp³-hybridized carbons (Fsp3) is 0.500. The molecule has 0 saturated carbocycles. The minimum Gasteiger partial charge on any atom is -0.372 e. The Morgan fingerprint density at radius 2 is 1.65 bits per heavy atom. The van der Waals surface area contributed by atoms with E-state index in [1.54, 1.807) is 0 Å². The molecule has 1 N–H and O–H groups in total. The van der Waals surface area contributed by atoms with Gasteiger partial charge in [-0.05, 0) is 37.5 Å².